The van der Waals surface area contributed by atoms with E-state index < -0.39 is 18.1 Å². The Labute approximate surface area is 393 Å². The number of carboxylic acid groups (broad SMARTS) is 1. The Balaban J connectivity index is 4.30. The highest BCUT2D eigenvalue weighted by atomic mass is 16.6. The number of carbonyl (C=O) groups is 3. The molecule has 0 aromatic heterocycles. The number of nitrogens with zero attached hydrogens (tertiary/aromatic N) is 1. The maximum atomic E-state index is 12.8. The van der Waals surface area contributed by atoms with Gasteiger partial charge in [-0.15, -0.1) is 0 Å². The summed E-state index contributed by atoms with van der Waals surface area (Å²) in [6, 6.07) is -0.735. The fourth-order valence-electron chi connectivity index (χ4n) is 7.12. The van der Waals surface area contributed by atoms with Gasteiger partial charge in [0.1, 0.15) is 12.6 Å². The van der Waals surface area contributed by atoms with E-state index in [-0.39, 0.29) is 42.7 Å². The van der Waals surface area contributed by atoms with Gasteiger partial charge >= 0.3 is 11.9 Å². The lowest BCUT2D eigenvalue weighted by Crippen LogP contribution is -2.55. The van der Waals surface area contributed by atoms with Gasteiger partial charge in [0.2, 0.25) is 0 Å². The van der Waals surface area contributed by atoms with Crippen LogP contribution in [0.15, 0.2) is 85.1 Å². The van der Waals surface area contributed by atoms with Crippen LogP contribution in [0.25, 0.3) is 0 Å². The Kier molecular flexibility index (Phi) is 43.5. The number of likely N-dealkylation sites (N-methyl/N-ethyl adjacent to an activating group) is 1. The highest BCUT2D eigenvalue weighted by molar-refractivity contribution is 5.70. The standard InChI is InChI=1S/C56H95NO7/c1-6-8-10-12-14-16-18-20-22-24-26-27-28-29-31-32-34-36-38-40-42-44-46-54(58)63-51-52(50-62-49-48-53(56(60)61)57(3,4)5)64-55(59)47-45-43-41-39-37-35-33-30-25-23-21-19-17-15-13-11-9-7-2/h8,10,14,16,19-23,25-27,30,33,52-53H,6-7,9,11-13,15,17-18,24,28-29,31-32,34-51H2,1-5H3/b10-8+,16-14+,21-19+,22-20+,25-23+,27-26+,33-30+. The molecule has 0 spiro atoms. The van der Waals surface area contributed by atoms with Crippen LogP contribution in [0.4, 0.5) is 0 Å². The van der Waals surface area contributed by atoms with Crippen molar-refractivity contribution in [3.8, 4) is 0 Å². The van der Waals surface area contributed by atoms with Gasteiger partial charge in [0.15, 0.2) is 6.10 Å². The number of hydrogen-bond acceptors (Lipinski definition) is 7. The molecule has 0 fully saturated rings. The second-order valence-corrected chi connectivity index (χ2v) is 18.1. The lowest BCUT2D eigenvalue weighted by molar-refractivity contribution is -0.889. The first kappa shape index (κ1) is 60.5. The summed E-state index contributed by atoms with van der Waals surface area (Å²) in [4.78, 5) is 37.0. The molecule has 0 saturated carbocycles. The van der Waals surface area contributed by atoms with Gasteiger partial charge in [0.05, 0.1) is 40.3 Å². The quantitative estimate of drug-likeness (QED) is 0.0197. The normalized spacial score (nSPS) is 13.6. The van der Waals surface area contributed by atoms with E-state index >= 15 is 0 Å². The molecule has 0 aromatic rings. The molecule has 0 aliphatic carbocycles. The molecule has 0 bridgehead atoms. The molecule has 0 amide bonds. The third-order valence-electron chi connectivity index (χ3n) is 11.1. The number of rotatable bonds is 45. The molecule has 0 radical (unpaired) electrons. The zero-order chi connectivity index (χ0) is 47.0. The van der Waals surface area contributed by atoms with Crippen LogP contribution in [-0.2, 0) is 28.6 Å². The van der Waals surface area contributed by atoms with E-state index in [0.717, 1.165) is 96.3 Å². The zero-order valence-electron chi connectivity index (χ0n) is 41.7. The third-order valence-corrected chi connectivity index (χ3v) is 11.1. The van der Waals surface area contributed by atoms with E-state index in [9.17, 15) is 19.5 Å². The van der Waals surface area contributed by atoms with Gasteiger partial charge in [0, 0.05) is 19.3 Å². The second kappa shape index (κ2) is 46.1. The fraction of sp³-hybridized carbons (Fsp3) is 0.696. The molecule has 0 heterocycles. The molecule has 64 heavy (non-hydrogen) atoms. The predicted molar refractivity (Wildman–Crippen MR) is 268 cm³/mol. The topological polar surface area (TPSA) is 102 Å². The SMILES string of the molecule is CC/C=C/C/C=C/C/C=C/C/C=C/CCCCCCCCCCCC(=O)OCC(COCCC(C(=O)[O-])[N+](C)(C)C)OC(=O)CCCCCCC/C=C/C=C/C=C/CCCCCCC. The number of aliphatic carboxylic acids is 1. The maximum absolute atomic E-state index is 12.8. The van der Waals surface area contributed by atoms with E-state index in [2.05, 4.69) is 98.9 Å². The second-order valence-electron chi connectivity index (χ2n) is 18.1. The van der Waals surface area contributed by atoms with Crippen LogP contribution in [0, 0.1) is 0 Å². The first-order valence-electron chi connectivity index (χ1n) is 25.6. The van der Waals surface area contributed by atoms with E-state index in [1.807, 2.05) is 0 Å². The molecule has 0 saturated heterocycles. The van der Waals surface area contributed by atoms with E-state index in [0.29, 0.717) is 12.8 Å². The smallest absolute Gasteiger partial charge is 0.306 e. The Morgan fingerprint density at radius 1 is 0.500 bits per heavy atom. The van der Waals surface area contributed by atoms with Gasteiger partial charge in [-0.3, -0.25) is 9.59 Å². The first-order chi connectivity index (χ1) is 31.1. The Hall–Kier alpha value is -3.49. The summed E-state index contributed by atoms with van der Waals surface area (Å²) in [6.07, 6.45) is 60.3. The molecular weight excluding hydrogens is 799 g/mol. The van der Waals surface area contributed by atoms with E-state index in [4.69, 9.17) is 14.2 Å². The molecule has 8 nitrogen and oxygen atoms in total. The van der Waals surface area contributed by atoms with Crippen LogP contribution in [-0.4, -0.2) is 75.5 Å². The summed E-state index contributed by atoms with van der Waals surface area (Å²) in [7, 11) is 5.40. The number of esters is 2. The number of quaternary nitrogens is 1. The zero-order valence-corrected chi connectivity index (χ0v) is 41.7. The monoisotopic (exact) mass is 894 g/mol. The van der Waals surface area contributed by atoms with E-state index in [1.165, 1.54) is 70.6 Å². The molecule has 366 valence electrons. The van der Waals surface area contributed by atoms with Crippen molar-refractivity contribution in [3.05, 3.63) is 85.1 Å². The van der Waals surface area contributed by atoms with Crippen molar-refractivity contribution in [2.24, 2.45) is 0 Å². The molecule has 0 rings (SSSR count). The average Bonchev–Trinajstić information content (AvgIpc) is 3.26. The van der Waals surface area contributed by atoms with Crippen LogP contribution in [0.2, 0.25) is 0 Å². The van der Waals surface area contributed by atoms with Crippen molar-refractivity contribution < 1.29 is 38.2 Å². The number of allylic oxidation sites excluding steroid dienone is 14. The minimum Gasteiger partial charge on any atom is -0.544 e. The molecule has 0 aliphatic rings. The van der Waals surface area contributed by atoms with Gasteiger partial charge in [-0.25, -0.2) is 0 Å². The average molecular weight is 894 g/mol. The molecule has 2 unspecified atom stereocenters. The third kappa shape index (κ3) is 43.7. The number of unbranched alkanes of at least 4 members (excludes halogenated alkanes) is 19. The largest absolute Gasteiger partial charge is 0.544 e. The van der Waals surface area contributed by atoms with E-state index in [1.54, 1.807) is 21.1 Å². The lowest BCUT2D eigenvalue weighted by Gasteiger charge is -2.34. The summed E-state index contributed by atoms with van der Waals surface area (Å²) in [5, 5.41) is 11.7. The molecular formula is C56H95NO7. The molecule has 0 aliphatic heterocycles. The lowest BCUT2D eigenvalue weighted by atomic mass is 10.1. The summed E-state index contributed by atoms with van der Waals surface area (Å²) < 4.78 is 17.2. The van der Waals surface area contributed by atoms with Gasteiger partial charge in [0.25, 0.3) is 0 Å². The van der Waals surface area contributed by atoms with Crippen molar-refractivity contribution in [2.75, 3.05) is 41.0 Å². The number of carboxylic acids is 1. The van der Waals surface area contributed by atoms with Crippen LogP contribution in [0.5, 0.6) is 0 Å². The van der Waals surface area contributed by atoms with Crippen LogP contribution >= 0.6 is 0 Å². The van der Waals surface area contributed by atoms with Crippen LogP contribution in [0.1, 0.15) is 200 Å². The van der Waals surface area contributed by atoms with Crippen molar-refractivity contribution in [3.63, 3.8) is 0 Å². The molecule has 2 atom stereocenters. The van der Waals surface area contributed by atoms with Crippen LogP contribution in [0.3, 0.4) is 0 Å². The van der Waals surface area contributed by atoms with Gasteiger partial charge < -0.3 is 28.6 Å². The highest BCUT2D eigenvalue weighted by Crippen LogP contribution is 2.14. The molecule has 0 aromatic carbocycles. The van der Waals surface area contributed by atoms with Crippen LogP contribution < -0.4 is 5.11 Å². The first-order valence-corrected chi connectivity index (χ1v) is 25.6. The minimum atomic E-state index is -1.13. The fourth-order valence-corrected chi connectivity index (χ4v) is 7.12. The number of carbonyl (C=O) groups excluding carboxylic acids is 3. The molecule has 8 heteroatoms. The minimum absolute atomic E-state index is 0.0263. The predicted octanol–water partition coefficient (Wildman–Crippen LogP) is 13.5. The maximum Gasteiger partial charge on any atom is 0.306 e. The number of hydrogen-bond donors (Lipinski definition) is 0. The van der Waals surface area contributed by atoms with Gasteiger partial charge in [-0.05, 0) is 77.0 Å². The summed E-state index contributed by atoms with van der Waals surface area (Å²) >= 11 is 0. The summed E-state index contributed by atoms with van der Waals surface area (Å²) in [5.41, 5.74) is 0. The van der Waals surface area contributed by atoms with Gasteiger partial charge in [-0.1, -0.05) is 189 Å². The Morgan fingerprint density at radius 2 is 0.938 bits per heavy atom. The summed E-state index contributed by atoms with van der Waals surface area (Å²) in [5.74, 6) is -1.77. The molecule has 0 N–H and O–H groups in total. The summed E-state index contributed by atoms with van der Waals surface area (Å²) in [6.45, 7) is 4.51. The highest BCUT2D eigenvalue weighted by Gasteiger charge is 2.25. The van der Waals surface area contributed by atoms with Gasteiger partial charge in [-0.2, -0.15) is 0 Å². The van der Waals surface area contributed by atoms with Crippen molar-refractivity contribution >= 4 is 17.9 Å². The Morgan fingerprint density at radius 3 is 1.42 bits per heavy atom. The van der Waals surface area contributed by atoms with Crippen molar-refractivity contribution in [2.45, 2.75) is 212 Å². The van der Waals surface area contributed by atoms with Crippen molar-refractivity contribution in [1.82, 2.24) is 0 Å². The van der Waals surface area contributed by atoms with Crippen molar-refractivity contribution in [1.29, 1.82) is 0 Å². The number of ether oxygens (including phenoxy) is 3. The Bertz CT molecular complexity index is 1320.